The van der Waals surface area contributed by atoms with Crippen LogP contribution < -0.4 is 16.0 Å². The highest BCUT2D eigenvalue weighted by Crippen LogP contribution is 2.42. The van der Waals surface area contributed by atoms with Crippen molar-refractivity contribution < 1.29 is 14.0 Å². The Bertz CT molecular complexity index is 915. The molecule has 27 heavy (non-hydrogen) atoms. The van der Waals surface area contributed by atoms with Gasteiger partial charge in [-0.3, -0.25) is 9.59 Å². The van der Waals surface area contributed by atoms with Gasteiger partial charge in [0, 0.05) is 35.8 Å². The van der Waals surface area contributed by atoms with Crippen molar-refractivity contribution in [2.75, 3.05) is 10.2 Å². The van der Waals surface area contributed by atoms with Crippen molar-refractivity contribution in [3.05, 3.63) is 53.0 Å². The normalized spacial score (nSPS) is 21.5. The average Bonchev–Trinajstić information content (AvgIpc) is 2.59. The van der Waals surface area contributed by atoms with Gasteiger partial charge in [0.25, 0.3) is 5.91 Å². The van der Waals surface area contributed by atoms with E-state index >= 15 is 0 Å². The number of primary amides is 1. The molecule has 0 spiro atoms. The maximum atomic E-state index is 14.0. The van der Waals surface area contributed by atoms with Gasteiger partial charge in [0.1, 0.15) is 11.6 Å². The van der Waals surface area contributed by atoms with Gasteiger partial charge in [-0.1, -0.05) is 6.92 Å². The summed E-state index contributed by atoms with van der Waals surface area (Å²) in [6.07, 6.45) is 0. The number of nitrogens with zero attached hydrogens (tertiary/aromatic N) is 2. The summed E-state index contributed by atoms with van der Waals surface area (Å²) in [5, 5.41) is 3.28. The van der Waals surface area contributed by atoms with Crippen LogP contribution in [-0.2, 0) is 4.79 Å². The number of amides is 2. The highest BCUT2D eigenvalue weighted by Gasteiger charge is 2.38. The van der Waals surface area contributed by atoms with Crippen LogP contribution in [0.15, 0.2) is 30.3 Å². The lowest BCUT2D eigenvalue weighted by atomic mass is 9.82. The number of benzene rings is 1. The summed E-state index contributed by atoms with van der Waals surface area (Å²) < 4.78 is 14.0. The first-order valence-corrected chi connectivity index (χ1v) is 8.84. The quantitative estimate of drug-likeness (QED) is 0.869. The molecule has 1 aromatic heterocycles. The van der Waals surface area contributed by atoms with Crippen molar-refractivity contribution in [1.82, 2.24) is 4.98 Å². The number of nitrogens with one attached hydrogen (secondary N) is 1. The van der Waals surface area contributed by atoms with Crippen LogP contribution >= 0.6 is 0 Å². The van der Waals surface area contributed by atoms with Crippen molar-refractivity contribution >= 4 is 23.3 Å². The predicted octanol–water partition coefficient (Wildman–Crippen LogP) is 3.17. The van der Waals surface area contributed by atoms with E-state index < -0.39 is 11.7 Å². The molecule has 3 unspecified atom stereocenters. The van der Waals surface area contributed by atoms with E-state index in [0.29, 0.717) is 17.1 Å². The smallest absolute Gasteiger partial charge is 0.252 e. The van der Waals surface area contributed by atoms with Crippen LogP contribution in [-0.4, -0.2) is 22.8 Å². The van der Waals surface area contributed by atoms with E-state index in [9.17, 15) is 14.0 Å². The number of aryl methyl sites for hydroxylation is 1. The van der Waals surface area contributed by atoms with E-state index in [2.05, 4.69) is 10.3 Å². The minimum Gasteiger partial charge on any atom is -0.365 e. The Morgan fingerprint density at radius 2 is 1.93 bits per heavy atom. The third-order valence-corrected chi connectivity index (χ3v) is 5.21. The number of pyridine rings is 1. The minimum absolute atomic E-state index is 0.0637. The van der Waals surface area contributed by atoms with Crippen LogP contribution in [0.2, 0.25) is 0 Å². The largest absolute Gasteiger partial charge is 0.365 e. The SMILES string of the molecule is CC(=O)N1c2ccc(F)cc2C(Nc2nc(C)ccc2C(N)=O)C(C)C1C. The topological polar surface area (TPSA) is 88.3 Å². The first kappa shape index (κ1) is 18.8. The van der Waals surface area contributed by atoms with Crippen LogP contribution in [0.1, 0.15) is 48.4 Å². The summed E-state index contributed by atoms with van der Waals surface area (Å²) in [7, 11) is 0. The molecule has 2 aromatic rings. The number of fused-ring (bicyclic) bond motifs is 1. The highest BCUT2D eigenvalue weighted by atomic mass is 19.1. The number of rotatable bonds is 3. The fourth-order valence-electron chi connectivity index (χ4n) is 3.69. The standard InChI is InChI=1S/C20H23FN4O2/c1-10-5-7-15(19(22)27)20(23-10)24-18-11(2)12(3)25(13(4)26)17-8-6-14(21)9-16(17)18/h5-9,11-12,18H,1-4H3,(H2,22,27)(H,23,24). The molecular weight excluding hydrogens is 347 g/mol. The second-order valence-electron chi connectivity index (χ2n) is 7.03. The van der Waals surface area contributed by atoms with E-state index in [1.54, 1.807) is 23.1 Å². The number of anilines is 2. The maximum absolute atomic E-state index is 14.0. The molecule has 142 valence electrons. The number of carbonyl (C=O) groups is 2. The van der Waals surface area contributed by atoms with Crippen LogP contribution in [0.4, 0.5) is 15.9 Å². The molecule has 1 aliphatic rings. The summed E-state index contributed by atoms with van der Waals surface area (Å²) in [6.45, 7) is 7.24. The van der Waals surface area contributed by atoms with Crippen LogP contribution in [0.25, 0.3) is 0 Å². The molecule has 0 bridgehead atoms. The fourth-order valence-corrected chi connectivity index (χ4v) is 3.69. The molecule has 0 saturated heterocycles. The third kappa shape index (κ3) is 3.37. The number of hydrogen-bond acceptors (Lipinski definition) is 4. The second-order valence-corrected chi connectivity index (χ2v) is 7.03. The Hall–Kier alpha value is -2.96. The zero-order valence-corrected chi connectivity index (χ0v) is 15.8. The first-order valence-electron chi connectivity index (χ1n) is 8.84. The van der Waals surface area contributed by atoms with Gasteiger partial charge in [-0.05, 0) is 44.2 Å². The molecular formula is C20H23FN4O2. The van der Waals surface area contributed by atoms with Gasteiger partial charge in [0.2, 0.25) is 5.91 Å². The molecule has 1 aliphatic heterocycles. The van der Waals surface area contributed by atoms with Crippen molar-refractivity contribution in [2.24, 2.45) is 11.7 Å². The van der Waals surface area contributed by atoms with Gasteiger partial charge < -0.3 is 16.0 Å². The van der Waals surface area contributed by atoms with Crippen molar-refractivity contribution in [1.29, 1.82) is 0 Å². The fraction of sp³-hybridized carbons (Fsp3) is 0.350. The molecule has 0 fully saturated rings. The van der Waals surface area contributed by atoms with Gasteiger partial charge in [-0.15, -0.1) is 0 Å². The molecule has 6 nitrogen and oxygen atoms in total. The molecule has 0 radical (unpaired) electrons. The maximum Gasteiger partial charge on any atom is 0.252 e. The number of hydrogen-bond donors (Lipinski definition) is 2. The monoisotopic (exact) mass is 370 g/mol. The zero-order chi connectivity index (χ0) is 19.9. The molecule has 7 heteroatoms. The van der Waals surface area contributed by atoms with Crippen molar-refractivity contribution in [3.63, 3.8) is 0 Å². The average molecular weight is 370 g/mol. The Kier molecular flexibility index (Phi) is 4.87. The lowest BCUT2D eigenvalue weighted by Crippen LogP contribution is -2.48. The predicted molar refractivity (Wildman–Crippen MR) is 102 cm³/mol. The van der Waals surface area contributed by atoms with E-state index in [4.69, 9.17) is 5.73 Å². The minimum atomic E-state index is -0.591. The van der Waals surface area contributed by atoms with Gasteiger partial charge in [-0.25, -0.2) is 9.37 Å². The lowest BCUT2D eigenvalue weighted by molar-refractivity contribution is -0.117. The van der Waals surface area contributed by atoms with Gasteiger partial charge in [0.15, 0.2) is 0 Å². The van der Waals surface area contributed by atoms with Gasteiger partial charge in [0.05, 0.1) is 11.6 Å². The van der Waals surface area contributed by atoms with Crippen molar-refractivity contribution in [2.45, 2.75) is 39.8 Å². The number of carbonyl (C=O) groups excluding carboxylic acids is 2. The lowest BCUT2D eigenvalue weighted by Gasteiger charge is -2.44. The summed E-state index contributed by atoms with van der Waals surface area (Å²) in [5.74, 6) is -0.791. The van der Waals surface area contributed by atoms with Gasteiger partial charge >= 0.3 is 0 Å². The summed E-state index contributed by atoms with van der Waals surface area (Å²) in [5.41, 5.74) is 7.78. The number of aromatic nitrogens is 1. The second kappa shape index (κ2) is 6.98. The molecule has 0 saturated carbocycles. The first-order chi connectivity index (χ1) is 12.7. The molecule has 2 amide bonds. The van der Waals surface area contributed by atoms with E-state index in [0.717, 1.165) is 5.69 Å². The summed E-state index contributed by atoms with van der Waals surface area (Å²) in [4.78, 5) is 30.1. The summed E-state index contributed by atoms with van der Waals surface area (Å²) in [6, 6.07) is 7.25. The van der Waals surface area contributed by atoms with Gasteiger partial charge in [-0.2, -0.15) is 0 Å². The van der Waals surface area contributed by atoms with Crippen LogP contribution in [0, 0.1) is 18.7 Å². The van der Waals surface area contributed by atoms with E-state index in [1.165, 1.54) is 19.1 Å². The molecule has 0 aliphatic carbocycles. The van der Waals surface area contributed by atoms with E-state index in [1.807, 2.05) is 20.8 Å². The van der Waals surface area contributed by atoms with E-state index in [-0.39, 0.29) is 29.5 Å². The molecule has 1 aromatic carbocycles. The van der Waals surface area contributed by atoms with Crippen LogP contribution in [0.5, 0.6) is 0 Å². The summed E-state index contributed by atoms with van der Waals surface area (Å²) >= 11 is 0. The van der Waals surface area contributed by atoms with Crippen molar-refractivity contribution in [3.8, 4) is 0 Å². The molecule has 3 atom stereocenters. The zero-order valence-electron chi connectivity index (χ0n) is 15.8. The Morgan fingerprint density at radius 3 is 2.56 bits per heavy atom. The van der Waals surface area contributed by atoms with Crippen LogP contribution in [0.3, 0.4) is 0 Å². The highest BCUT2D eigenvalue weighted by molar-refractivity contribution is 5.98. The molecule has 3 rings (SSSR count). The molecule has 2 heterocycles. The number of halogens is 1. The Labute approximate surface area is 157 Å². The number of nitrogens with two attached hydrogens (primary N) is 1. The molecule has 3 N–H and O–H groups in total. The third-order valence-electron chi connectivity index (χ3n) is 5.21. The Balaban J connectivity index is 2.12. The Morgan fingerprint density at radius 1 is 1.22 bits per heavy atom.